The topological polar surface area (TPSA) is 27.7 Å². The molecule has 0 atom stereocenters. The normalized spacial score (nSPS) is 10.7. The predicted molar refractivity (Wildman–Crippen MR) is 88.7 cm³/mol. The van der Waals surface area contributed by atoms with Gasteiger partial charge in [0.1, 0.15) is 6.61 Å². The Morgan fingerprint density at radius 3 is 2.36 bits per heavy atom. The minimum absolute atomic E-state index is 0.470. The van der Waals surface area contributed by atoms with Crippen molar-refractivity contribution in [1.82, 2.24) is 0 Å². The quantitative estimate of drug-likeness (QED) is 0.676. The summed E-state index contributed by atoms with van der Waals surface area (Å²) in [6.45, 7) is 5.97. The molecule has 0 bridgehead atoms. The van der Waals surface area contributed by atoms with Crippen molar-refractivity contribution in [3.63, 3.8) is 0 Å². The fourth-order valence-corrected chi connectivity index (χ4v) is 2.14. The van der Waals surface area contributed by atoms with Gasteiger partial charge in [0, 0.05) is 0 Å². The number of methoxy groups -OCH3 is 1. The maximum atomic E-state index is 5.75. The molecule has 2 rings (SSSR count). The second-order valence-corrected chi connectivity index (χ2v) is 5.45. The molecule has 0 unspecified atom stereocenters. The van der Waals surface area contributed by atoms with Gasteiger partial charge in [-0.2, -0.15) is 0 Å². The third-order valence-electron chi connectivity index (χ3n) is 3.45. The molecule has 0 N–H and O–H groups in total. The second kappa shape index (κ2) is 8.44. The lowest BCUT2D eigenvalue weighted by atomic mass is 10.0. The molecule has 2 aromatic rings. The van der Waals surface area contributed by atoms with Gasteiger partial charge in [-0.25, -0.2) is 0 Å². The molecule has 0 heterocycles. The number of ether oxygens (including phenoxy) is 3. The van der Waals surface area contributed by atoms with E-state index >= 15 is 0 Å². The predicted octanol–water partition coefficient (Wildman–Crippen LogP) is 4.41. The van der Waals surface area contributed by atoms with E-state index in [0.717, 1.165) is 11.5 Å². The van der Waals surface area contributed by atoms with E-state index in [9.17, 15) is 0 Å². The molecule has 0 aromatic heterocycles. The van der Waals surface area contributed by atoms with E-state index in [-0.39, 0.29) is 0 Å². The maximum absolute atomic E-state index is 5.75. The lowest BCUT2D eigenvalue weighted by Crippen LogP contribution is -2.07. The number of benzene rings is 2. The van der Waals surface area contributed by atoms with Crippen LogP contribution in [0.3, 0.4) is 0 Å². The molecule has 118 valence electrons. The first-order valence-corrected chi connectivity index (χ1v) is 7.63. The van der Waals surface area contributed by atoms with E-state index in [1.54, 1.807) is 7.11 Å². The molecular weight excluding hydrogens is 276 g/mol. The highest BCUT2D eigenvalue weighted by molar-refractivity contribution is 5.43. The maximum Gasteiger partial charge on any atom is 0.161 e. The zero-order chi connectivity index (χ0) is 15.8. The molecule has 0 aliphatic carbocycles. The summed E-state index contributed by atoms with van der Waals surface area (Å²) in [7, 11) is 1.66. The van der Waals surface area contributed by atoms with Gasteiger partial charge >= 0.3 is 0 Å². The van der Waals surface area contributed by atoms with Crippen LogP contribution in [0.2, 0.25) is 0 Å². The molecule has 0 fully saturated rings. The van der Waals surface area contributed by atoms with E-state index in [0.29, 0.717) is 25.7 Å². The Hall–Kier alpha value is -2.00. The van der Waals surface area contributed by atoms with Gasteiger partial charge in [-0.3, -0.25) is 0 Å². The Morgan fingerprint density at radius 2 is 1.68 bits per heavy atom. The standard InChI is InChI=1S/C19H24O3/c1-15(2)17-9-10-18(19(13-17)20-3)22-12-11-21-14-16-7-5-4-6-8-16/h4-10,13,15H,11-12,14H2,1-3H3. The summed E-state index contributed by atoms with van der Waals surface area (Å²) in [5.41, 5.74) is 2.41. The first-order chi connectivity index (χ1) is 10.7. The van der Waals surface area contributed by atoms with Crippen LogP contribution in [-0.2, 0) is 11.3 Å². The van der Waals surface area contributed by atoms with Crippen molar-refractivity contribution in [1.29, 1.82) is 0 Å². The van der Waals surface area contributed by atoms with E-state index in [1.165, 1.54) is 11.1 Å². The Kier molecular flexibility index (Phi) is 6.28. The van der Waals surface area contributed by atoms with Gasteiger partial charge in [0.15, 0.2) is 11.5 Å². The summed E-state index contributed by atoms with van der Waals surface area (Å²) in [6.07, 6.45) is 0. The van der Waals surface area contributed by atoms with Gasteiger partial charge in [0.05, 0.1) is 20.3 Å². The third kappa shape index (κ3) is 4.78. The van der Waals surface area contributed by atoms with Crippen molar-refractivity contribution in [2.24, 2.45) is 0 Å². The van der Waals surface area contributed by atoms with Crippen molar-refractivity contribution < 1.29 is 14.2 Å². The second-order valence-electron chi connectivity index (χ2n) is 5.45. The highest BCUT2D eigenvalue weighted by atomic mass is 16.5. The van der Waals surface area contributed by atoms with Crippen LogP contribution in [0.4, 0.5) is 0 Å². The van der Waals surface area contributed by atoms with Crippen LogP contribution < -0.4 is 9.47 Å². The Bertz CT molecular complexity index is 564. The minimum atomic E-state index is 0.470. The van der Waals surface area contributed by atoms with Gasteiger partial charge in [0.25, 0.3) is 0 Å². The van der Waals surface area contributed by atoms with Crippen molar-refractivity contribution >= 4 is 0 Å². The average molecular weight is 300 g/mol. The van der Waals surface area contributed by atoms with Crippen molar-refractivity contribution in [3.8, 4) is 11.5 Å². The summed E-state index contributed by atoms with van der Waals surface area (Å²) < 4.78 is 16.8. The first kappa shape index (κ1) is 16.4. The molecule has 2 aromatic carbocycles. The van der Waals surface area contributed by atoms with Gasteiger partial charge < -0.3 is 14.2 Å². The lowest BCUT2D eigenvalue weighted by molar-refractivity contribution is 0.0879. The van der Waals surface area contributed by atoms with E-state index in [4.69, 9.17) is 14.2 Å². The van der Waals surface area contributed by atoms with Crippen molar-refractivity contribution in [3.05, 3.63) is 59.7 Å². The molecule has 0 spiro atoms. The molecular formula is C19H24O3. The Balaban J connectivity index is 1.79. The van der Waals surface area contributed by atoms with Crippen LogP contribution in [0.5, 0.6) is 11.5 Å². The summed E-state index contributed by atoms with van der Waals surface area (Å²) in [5, 5.41) is 0. The summed E-state index contributed by atoms with van der Waals surface area (Å²) in [5.74, 6) is 2.00. The minimum Gasteiger partial charge on any atom is -0.493 e. The molecule has 3 heteroatoms. The molecule has 0 saturated heterocycles. The average Bonchev–Trinajstić information content (AvgIpc) is 2.55. The number of hydrogen-bond donors (Lipinski definition) is 0. The molecule has 0 aliphatic heterocycles. The van der Waals surface area contributed by atoms with E-state index < -0.39 is 0 Å². The monoisotopic (exact) mass is 300 g/mol. The zero-order valence-electron chi connectivity index (χ0n) is 13.5. The summed E-state index contributed by atoms with van der Waals surface area (Å²) >= 11 is 0. The smallest absolute Gasteiger partial charge is 0.161 e. The summed E-state index contributed by atoms with van der Waals surface area (Å²) in [6, 6.07) is 16.2. The molecule has 0 radical (unpaired) electrons. The summed E-state index contributed by atoms with van der Waals surface area (Å²) in [4.78, 5) is 0. The van der Waals surface area contributed by atoms with Crippen LogP contribution in [0, 0.1) is 0 Å². The molecule has 0 amide bonds. The number of rotatable bonds is 8. The van der Waals surface area contributed by atoms with Crippen LogP contribution >= 0.6 is 0 Å². The highest BCUT2D eigenvalue weighted by Gasteiger charge is 2.07. The SMILES string of the molecule is COc1cc(C(C)C)ccc1OCCOCc1ccccc1. The lowest BCUT2D eigenvalue weighted by Gasteiger charge is -2.13. The van der Waals surface area contributed by atoms with Crippen LogP contribution in [0.15, 0.2) is 48.5 Å². The zero-order valence-corrected chi connectivity index (χ0v) is 13.5. The molecule has 0 aliphatic rings. The van der Waals surface area contributed by atoms with E-state index in [1.807, 2.05) is 30.3 Å². The fraction of sp³-hybridized carbons (Fsp3) is 0.368. The Morgan fingerprint density at radius 1 is 0.909 bits per heavy atom. The molecule has 0 saturated carbocycles. The first-order valence-electron chi connectivity index (χ1n) is 7.63. The molecule has 3 nitrogen and oxygen atoms in total. The van der Waals surface area contributed by atoms with Crippen molar-refractivity contribution in [2.75, 3.05) is 20.3 Å². The van der Waals surface area contributed by atoms with Gasteiger partial charge in [-0.1, -0.05) is 50.2 Å². The fourth-order valence-electron chi connectivity index (χ4n) is 2.14. The molecule has 22 heavy (non-hydrogen) atoms. The van der Waals surface area contributed by atoms with Crippen molar-refractivity contribution in [2.45, 2.75) is 26.4 Å². The third-order valence-corrected chi connectivity index (χ3v) is 3.45. The van der Waals surface area contributed by atoms with Gasteiger partial charge in [-0.15, -0.1) is 0 Å². The van der Waals surface area contributed by atoms with Crippen LogP contribution in [-0.4, -0.2) is 20.3 Å². The van der Waals surface area contributed by atoms with E-state index in [2.05, 4.69) is 32.0 Å². The Labute approximate surface area is 132 Å². The van der Waals surface area contributed by atoms with Crippen LogP contribution in [0.1, 0.15) is 30.9 Å². The highest BCUT2D eigenvalue weighted by Crippen LogP contribution is 2.30. The van der Waals surface area contributed by atoms with Gasteiger partial charge in [-0.05, 0) is 29.2 Å². The van der Waals surface area contributed by atoms with Crippen LogP contribution in [0.25, 0.3) is 0 Å². The number of hydrogen-bond acceptors (Lipinski definition) is 3. The van der Waals surface area contributed by atoms with Gasteiger partial charge in [0.2, 0.25) is 0 Å². The largest absolute Gasteiger partial charge is 0.493 e.